The number of amides is 2. The van der Waals surface area contributed by atoms with Crippen LogP contribution in [0.15, 0.2) is 53.0 Å². The number of nitrogens with one attached hydrogen (secondary N) is 1. The molecule has 2 aromatic carbocycles. The summed E-state index contributed by atoms with van der Waals surface area (Å²) in [5.41, 5.74) is 1.98. The molecule has 0 heterocycles. The summed E-state index contributed by atoms with van der Waals surface area (Å²) in [6, 6.07) is 14.9. The van der Waals surface area contributed by atoms with E-state index in [1.807, 2.05) is 56.3 Å². The molecule has 162 valence electrons. The van der Waals surface area contributed by atoms with Crippen LogP contribution in [0.25, 0.3) is 0 Å². The molecule has 0 radical (unpaired) electrons. The third-order valence-electron chi connectivity index (χ3n) is 4.87. The van der Waals surface area contributed by atoms with Gasteiger partial charge < -0.3 is 10.2 Å². The van der Waals surface area contributed by atoms with E-state index in [1.54, 1.807) is 17.9 Å². The van der Waals surface area contributed by atoms with Crippen LogP contribution in [0.3, 0.4) is 0 Å². The first-order valence-electron chi connectivity index (χ1n) is 9.97. The molecule has 1 N–H and O–H groups in total. The Bertz CT molecular complexity index is 847. The molecule has 2 aromatic rings. The summed E-state index contributed by atoms with van der Waals surface area (Å²) in [6.45, 7) is 6.04. The zero-order valence-corrected chi connectivity index (χ0v) is 20.7. The number of rotatable bonds is 10. The number of nitrogens with zero attached hydrogens (tertiary/aromatic N) is 1. The monoisotopic (exact) mass is 510 g/mol. The van der Waals surface area contributed by atoms with Crippen molar-refractivity contribution in [1.82, 2.24) is 10.2 Å². The molecule has 7 heteroatoms. The molecule has 0 fully saturated rings. The van der Waals surface area contributed by atoms with Gasteiger partial charge in [-0.05, 0) is 49.6 Å². The van der Waals surface area contributed by atoms with E-state index in [1.165, 1.54) is 11.8 Å². The molecule has 2 amide bonds. The average molecular weight is 512 g/mol. The summed E-state index contributed by atoms with van der Waals surface area (Å²) >= 11 is 11.3. The van der Waals surface area contributed by atoms with Gasteiger partial charge in [-0.2, -0.15) is 0 Å². The molecule has 0 saturated carbocycles. The maximum Gasteiger partial charge on any atom is 0.242 e. The minimum Gasteiger partial charge on any atom is -0.352 e. The quantitative estimate of drug-likeness (QED) is 0.447. The highest BCUT2D eigenvalue weighted by Crippen LogP contribution is 2.21. The summed E-state index contributed by atoms with van der Waals surface area (Å²) < 4.78 is 1.03. The van der Waals surface area contributed by atoms with Crippen LogP contribution in [0.5, 0.6) is 0 Å². The number of halogens is 2. The topological polar surface area (TPSA) is 49.4 Å². The largest absolute Gasteiger partial charge is 0.352 e. The second kappa shape index (κ2) is 12.4. The van der Waals surface area contributed by atoms with Crippen LogP contribution in [-0.4, -0.2) is 34.6 Å². The second-order valence-electron chi connectivity index (χ2n) is 7.23. The molecule has 0 aliphatic rings. The molecule has 4 nitrogen and oxygen atoms in total. The molecule has 2 atom stereocenters. The third kappa shape index (κ3) is 7.64. The van der Waals surface area contributed by atoms with Crippen LogP contribution in [0, 0.1) is 0 Å². The van der Waals surface area contributed by atoms with Crippen LogP contribution in [-0.2, 0) is 21.9 Å². The van der Waals surface area contributed by atoms with Crippen LogP contribution >= 0.6 is 39.3 Å². The highest BCUT2D eigenvalue weighted by Gasteiger charge is 2.27. The van der Waals surface area contributed by atoms with Gasteiger partial charge in [0.05, 0.1) is 5.75 Å². The van der Waals surface area contributed by atoms with Gasteiger partial charge in [0.2, 0.25) is 11.8 Å². The van der Waals surface area contributed by atoms with E-state index in [-0.39, 0.29) is 17.9 Å². The predicted molar refractivity (Wildman–Crippen MR) is 130 cm³/mol. The first-order valence-corrected chi connectivity index (χ1v) is 12.3. The second-order valence-corrected chi connectivity index (χ2v) is 9.53. The van der Waals surface area contributed by atoms with Crippen LogP contribution in [0.2, 0.25) is 5.02 Å². The number of carbonyl (C=O) groups is 2. The normalized spacial score (nSPS) is 12.8. The third-order valence-corrected chi connectivity index (χ3v) is 6.76. The van der Waals surface area contributed by atoms with Gasteiger partial charge in [0, 0.05) is 27.8 Å². The number of hydrogen-bond acceptors (Lipinski definition) is 3. The standard InChI is InChI=1S/C23H28BrClN2O2S/c1-4-16(2)26-23(29)17(3)27(13-19-7-5-6-8-21(19)25)22(28)15-30-14-18-9-11-20(24)12-10-18/h5-12,16-17H,4,13-15H2,1-3H3,(H,26,29)/t16-,17-/m1/s1. The minimum atomic E-state index is -0.587. The number of hydrogen-bond donors (Lipinski definition) is 1. The van der Waals surface area contributed by atoms with Crippen molar-refractivity contribution < 1.29 is 9.59 Å². The molecule has 0 unspecified atom stereocenters. The summed E-state index contributed by atoms with van der Waals surface area (Å²) in [4.78, 5) is 27.4. The van der Waals surface area contributed by atoms with Crippen molar-refractivity contribution in [3.05, 3.63) is 69.2 Å². The van der Waals surface area contributed by atoms with Gasteiger partial charge in [-0.25, -0.2) is 0 Å². The van der Waals surface area contributed by atoms with Gasteiger partial charge in [-0.1, -0.05) is 64.8 Å². The summed E-state index contributed by atoms with van der Waals surface area (Å²) in [7, 11) is 0. The lowest BCUT2D eigenvalue weighted by Crippen LogP contribution is -2.50. The fraction of sp³-hybridized carbons (Fsp3) is 0.391. The van der Waals surface area contributed by atoms with Gasteiger partial charge >= 0.3 is 0 Å². The Hall–Kier alpha value is -1.50. The molecule has 0 saturated heterocycles. The van der Waals surface area contributed by atoms with Crippen molar-refractivity contribution in [2.45, 2.75) is 51.6 Å². The molecule has 30 heavy (non-hydrogen) atoms. The summed E-state index contributed by atoms with van der Waals surface area (Å²) in [6.07, 6.45) is 0.833. The zero-order valence-electron chi connectivity index (χ0n) is 17.5. The molecular formula is C23H28BrClN2O2S. The van der Waals surface area contributed by atoms with E-state index in [0.717, 1.165) is 27.8 Å². The van der Waals surface area contributed by atoms with Gasteiger partial charge in [0.15, 0.2) is 0 Å². The molecule has 2 rings (SSSR count). The first kappa shape index (κ1) is 24.8. The predicted octanol–water partition coefficient (Wildman–Crippen LogP) is 5.67. The van der Waals surface area contributed by atoms with E-state index in [2.05, 4.69) is 21.2 Å². The molecular weight excluding hydrogens is 484 g/mol. The number of thioether (sulfide) groups is 1. The Morgan fingerprint density at radius 3 is 2.43 bits per heavy atom. The average Bonchev–Trinajstić information content (AvgIpc) is 2.73. The molecule has 0 aliphatic carbocycles. The minimum absolute atomic E-state index is 0.0593. The van der Waals surface area contributed by atoms with E-state index >= 15 is 0 Å². The van der Waals surface area contributed by atoms with E-state index < -0.39 is 6.04 Å². The Kier molecular flexibility index (Phi) is 10.2. The summed E-state index contributed by atoms with van der Waals surface area (Å²) in [5.74, 6) is 0.792. The van der Waals surface area contributed by atoms with Crippen molar-refractivity contribution in [3.63, 3.8) is 0 Å². The first-order chi connectivity index (χ1) is 14.3. The lowest BCUT2D eigenvalue weighted by Gasteiger charge is -2.30. The van der Waals surface area contributed by atoms with Crippen molar-refractivity contribution in [2.75, 3.05) is 5.75 Å². The zero-order chi connectivity index (χ0) is 22.1. The maximum atomic E-state index is 13.1. The molecule has 0 aliphatic heterocycles. The molecule has 0 bridgehead atoms. The maximum absolute atomic E-state index is 13.1. The van der Waals surface area contributed by atoms with Gasteiger partial charge in [0.25, 0.3) is 0 Å². The SMILES string of the molecule is CC[C@@H](C)NC(=O)[C@@H](C)N(Cc1ccccc1Cl)C(=O)CSCc1ccc(Br)cc1. The van der Waals surface area contributed by atoms with E-state index in [9.17, 15) is 9.59 Å². The Morgan fingerprint density at radius 1 is 1.13 bits per heavy atom. The number of carbonyl (C=O) groups excluding carboxylic acids is 2. The van der Waals surface area contributed by atoms with E-state index in [0.29, 0.717) is 17.3 Å². The van der Waals surface area contributed by atoms with Crippen LogP contribution in [0.4, 0.5) is 0 Å². The molecule has 0 aromatic heterocycles. The van der Waals surface area contributed by atoms with Crippen LogP contribution < -0.4 is 5.32 Å². The van der Waals surface area contributed by atoms with Crippen molar-refractivity contribution in [1.29, 1.82) is 0 Å². The fourth-order valence-electron chi connectivity index (χ4n) is 2.78. The summed E-state index contributed by atoms with van der Waals surface area (Å²) in [5, 5.41) is 3.57. The van der Waals surface area contributed by atoms with Gasteiger partial charge in [-0.15, -0.1) is 11.8 Å². The fourth-order valence-corrected chi connectivity index (χ4v) is 4.11. The van der Waals surface area contributed by atoms with E-state index in [4.69, 9.17) is 11.6 Å². The smallest absolute Gasteiger partial charge is 0.242 e. The van der Waals surface area contributed by atoms with Crippen LogP contribution in [0.1, 0.15) is 38.3 Å². The van der Waals surface area contributed by atoms with Gasteiger partial charge in [-0.3, -0.25) is 9.59 Å². The Morgan fingerprint density at radius 2 is 1.80 bits per heavy atom. The Labute approximate surface area is 196 Å². The van der Waals surface area contributed by atoms with Crippen molar-refractivity contribution in [3.8, 4) is 0 Å². The van der Waals surface area contributed by atoms with Crippen molar-refractivity contribution in [2.24, 2.45) is 0 Å². The highest BCUT2D eigenvalue weighted by atomic mass is 79.9. The molecule has 0 spiro atoms. The lowest BCUT2D eigenvalue weighted by molar-refractivity contribution is -0.138. The number of benzene rings is 2. The highest BCUT2D eigenvalue weighted by molar-refractivity contribution is 9.10. The van der Waals surface area contributed by atoms with Crippen molar-refractivity contribution >= 4 is 51.1 Å². The Balaban J connectivity index is 2.08. The van der Waals surface area contributed by atoms with Gasteiger partial charge in [0.1, 0.15) is 6.04 Å². The lowest BCUT2D eigenvalue weighted by atomic mass is 10.1.